The van der Waals surface area contributed by atoms with Gasteiger partial charge in [0, 0.05) is 18.0 Å². The Labute approximate surface area is 91.9 Å². The van der Waals surface area contributed by atoms with Crippen molar-refractivity contribution in [3.63, 3.8) is 0 Å². The Morgan fingerprint density at radius 1 is 1.53 bits per heavy atom. The summed E-state index contributed by atoms with van der Waals surface area (Å²) in [5, 5.41) is 16.6. The van der Waals surface area contributed by atoms with E-state index in [1.54, 1.807) is 17.5 Å². The highest BCUT2D eigenvalue weighted by molar-refractivity contribution is 7.13. The van der Waals surface area contributed by atoms with Gasteiger partial charge in [0.1, 0.15) is 10.7 Å². The molecule has 0 aliphatic rings. The van der Waals surface area contributed by atoms with Crippen molar-refractivity contribution < 1.29 is 0 Å². The third kappa shape index (κ3) is 2.60. The summed E-state index contributed by atoms with van der Waals surface area (Å²) in [5.74, 6) is 0. The predicted octanol–water partition coefficient (Wildman–Crippen LogP) is 1.43. The van der Waals surface area contributed by atoms with Crippen LogP contribution in [0.1, 0.15) is 19.5 Å². The fraction of sp³-hybridized carbons (Fsp3) is 0.444. The first-order valence-corrected chi connectivity index (χ1v) is 5.67. The van der Waals surface area contributed by atoms with Gasteiger partial charge in [-0.1, -0.05) is 13.8 Å². The van der Waals surface area contributed by atoms with Crippen LogP contribution in [0.3, 0.4) is 0 Å². The van der Waals surface area contributed by atoms with Gasteiger partial charge in [0.15, 0.2) is 0 Å². The summed E-state index contributed by atoms with van der Waals surface area (Å²) in [6.45, 7) is 5.03. The number of nitrogens with one attached hydrogen (secondary N) is 2. The van der Waals surface area contributed by atoms with Gasteiger partial charge in [-0.2, -0.15) is 15.4 Å². The van der Waals surface area contributed by atoms with E-state index < -0.39 is 0 Å². The molecule has 0 bridgehead atoms. The first-order valence-electron chi connectivity index (χ1n) is 4.79. The number of aromatic nitrogens is 4. The van der Waals surface area contributed by atoms with Crippen LogP contribution in [0.4, 0.5) is 0 Å². The van der Waals surface area contributed by atoms with Crippen LogP contribution in [0.5, 0.6) is 0 Å². The lowest BCUT2D eigenvalue weighted by atomic mass is 10.3. The van der Waals surface area contributed by atoms with Gasteiger partial charge < -0.3 is 5.32 Å². The summed E-state index contributed by atoms with van der Waals surface area (Å²) in [6.07, 6.45) is 1.68. The topological polar surface area (TPSA) is 66.5 Å². The zero-order valence-corrected chi connectivity index (χ0v) is 9.51. The number of rotatable bonds is 4. The molecule has 0 aromatic carbocycles. The normalized spacial score (nSPS) is 11.1. The van der Waals surface area contributed by atoms with Gasteiger partial charge in [-0.3, -0.25) is 0 Å². The Morgan fingerprint density at radius 3 is 3.07 bits per heavy atom. The van der Waals surface area contributed by atoms with E-state index in [9.17, 15) is 0 Å². The summed E-state index contributed by atoms with van der Waals surface area (Å²) in [7, 11) is 0. The van der Waals surface area contributed by atoms with E-state index in [1.165, 1.54) is 0 Å². The fourth-order valence-electron chi connectivity index (χ4n) is 1.12. The number of hydrogen-bond acceptors (Lipinski definition) is 5. The van der Waals surface area contributed by atoms with E-state index in [4.69, 9.17) is 0 Å². The Kier molecular flexibility index (Phi) is 3.08. The van der Waals surface area contributed by atoms with Gasteiger partial charge in [-0.05, 0) is 0 Å². The largest absolute Gasteiger partial charge is 0.309 e. The Morgan fingerprint density at radius 2 is 2.40 bits per heavy atom. The lowest BCUT2D eigenvalue weighted by molar-refractivity contribution is 0.583. The molecule has 2 rings (SSSR count). The molecule has 5 nitrogen and oxygen atoms in total. The van der Waals surface area contributed by atoms with E-state index >= 15 is 0 Å². The maximum atomic E-state index is 4.46. The highest BCUT2D eigenvalue weighted by atomic mass is 32.1. The van der Waals surface area contributed by atoms with Crippen LogP contribution >= 0.6 is 11.3 Å². The minimum Gasteiger partial charge on any atom is -0.309 e. The van der Waals surface area contributed by atoms with E-state index in [1.807, 2.05) is 5.38 Å². The molecule has 6 heteroatoms. The van der Waals surface area contributed by atoms with Crippen LogP contribution in [0.15, 0.2) is 11.6 Å². The number of aromatic amines is 1. The van der Waals surface area contributed by atoms with Crippen molar-refractivity contribution in [2.75, 3.05) is 0 Å². The fourth-order valence-corrected chi connectivity index (χ4v) is 1.89. The average Bonchev–Trinajstić information content (AvgIpc) is 2.85. The van der Waals surface area contributed by atoms with Gasteiger partial charge >= 0.3 is 0 Å². The zero-order valence-electron chi connectivity index (χ0n) is 8.69. The van der Waals surface area contributed by atoms with Crippen molar-refractivity contribution in [1.29, 1.82) is 0 Å². The van der Waals surface area contributed by atoms with E-state index in [0.29, 0.717) is 6.04 Å². The number of hydrogen-bond donors (Lipinski definition) is 2. The molecule has 2 N–H and O–H groups in total. The van der Waals surface area contributed by atoms with Crippen molar-refractivity contribution in [2.24, 2.45) is 0 Å². The molecule has 0 spiro atoms. The van der Waals surface area contributed by atoms with Crippen LogP contribution < -0.4 is 5.32 Å². The monoisotopic (exact) mass is 223 g/mol. The number of nitrogens with zero attached hydrogens (tertiary/aromatic N) is 3. The molecule has 2 aromatic rings. The number of thiazole rings is 1. The van der Waals surface area contributed by atoms with Crippen LogP contribution in [0.2, 0.25) is 0 Å². The highest BCUT2D eigenvalue weighted by Crippen LogP contribution is 2.20. The van der Waals surface area contributed by atoms with Gasteiger partial charge in [0.2, 0.25) is 0 Å². The second kappa shape index (κ2) is 4.50. The Balaban J connectivity index is 2.04. The lowest BCUT2D eigenvalue weighted by Gasteiger charge is -2.04. The molecule has 2 heterocycles. The molecular formula is C9H13N5S. The third-order valence-electron chi connectivity index (χ3n) is 1.88. The van der Waals surface area contributed by atoms with E-state index in [-0.39, 0.29) is 0 Å². The molecule has 0 aliphatic carbocycles. The molecule has 0 amide bonds. The molecule has 0 atom stereocenters. The van der Waals surface area contributed by atoms with E-state index in [2.05, 4.69) is 39.6 Å². The standard InChI is InChI=1S/C9H13N5S/c1-6(2)10-3-7-5-15-9(12-7)8-4-11-14-13-8/h4-6,10H,3H2,1-2H3,(H,11,13,14). The second-order valence-corrected chi connectivity index (χ2v) is 4.39. The summed E-state index contributed by atoms with van der Waals surface area (Å²) in [6, 6.07) is 0.474. The first kappa shape index (κ1) is 10.3. The molecule has 15 heavy (non-hydrogen) atoms. The van der Waals surface area contributed by atoms with Crippen LogP contribution in [-0.4, -0.2) is 26.4 Å². The van der Waals surface area contributed by atoms with Gasteiger partial charge in [0.25, 0.3) is 0 Å². The SMILES string of the molecule is CC(C)NCc1csc(-c2cn[nH]n2)n1. The van der Waals surface area contributed by atoms with Crippen molar-refractivity contribution in [3.05, 3.63) is 17.3 Å². The molecule has 0 saturated heterocycles. The molecule has 0 aliphatic heterocycles. The molecular weight excluding hydrogens is 210 g/mol. The van der Waals surface area contributed by atoms with Gasteiger partial charge in [-0.15, -0.1) is 11.3 Å². The van der Waals surface area contributed by atoms with Crippen LogP contribution in [0.25, 0.3) is 10.7 Å². The van der Waals surface area contributed by atoms with Gasteiger partial charge in [0.05, 0.1) is 11.9 Å². The zero-order chi connectivity index (χ0) is 10.7. The maximum Gasteiger partial charge on any atom is 0.145 e. The Hall–Kier alpha value is -1.27. The van der Waals surface area contributed by atoms with E-state index in [0.717, 1.165) is 22.9 Å². The minimum atomic E-state index is 0.474. The molecule has 80 valence electrons. The Bertz CT molecular complexity index is 406. The first-order chi connectivity index (χ1) is 7.25. The summed E-state index contributed by atoms with van der Waals surface area (Å²) >= 11 is 1.59. The van der Waals surface area contributed by atoms with Crippen molar-refractivity contribution >= 4 is 11.3 Å². The number of H-pyrrole nitrogens is 1. The summed E-state index contributed by atoms with van der Waals surface area (Å²) < 4.78 is 0. The van der Waals surface area contributed by atoms with Crippen molar-refractivity contribution in [2.45, 2.75) is 26.4 Å². The second-order valence-electron chi connectivity index (χ2n) is 3.53. The summed E-state index contributed by atoms with van der Waals surface area (Å²) in [4.78, 5) is 4.46. The highest BCUT2D eigenvalue weighted by Gasteiger charge is 2.06. The molecule has 2 aromatic heterocycles. The molecule has 0 fully saturated rings. The smallest absolute Gasteiger partial charge is 0.145 e. The lowest BCUT2D eigenvalue weighted by Crippen LogP contribution is -2.21. The van der Waals surface area contributed by atoms with Crippen molar-refractivity contribution in [1.82, 2.24) is 25.7 Å². The summed E-state index contributed by atoms with van der Waals surface area (Å²) in [5.41, 5.74) is 1.85. The maximum absolute atomic E-state index is 4.46. The molecule has 0 saturated carbocycles. The van der Waals surface area contributed by atoms with Gasteiger partial charge in [-0.25, -0.2) is 4.98 Å². The predicted molar refractivity (Wildman–Crippen MR) is 59.5 cm³/mol. The third-order valence-corrected chi connectivity index (χ3v) is 2.79. The molecule has 0 unspecified atom stereocenters. The van der Waals surface area contributed by atoms with Crippen LogP contribution in [0, 0.1) is 0 Å². The van der Waals surface area contributed by atoms with Crippen LogP contribution in [-0.2, 0) is 6.54 Å². The van der Waals surface area contributed by atoms with Crippen molar-refractivity contribution in [3.8, 4) is 10.7 Å². The quantitative estimate of drug-likeness (QED) is 0.822. The molecule has 0 radical (unpaired) electrons. The minimum absolute atomic E-state index is 0.474. The average molecular weight is 223 g/mol.